The number of carbonyl (C=O) groups is 1. The lowest BCUT2D eigenvalue weighted by Crippen LogP contribution is -2.27. The standard InChI is InChI=1S/C14H14N4OS/c1-10(14-17-7-8-20-14)18-13(19)12-4-6-16-9-11(12)3-2-5-15/h4,6-10H,5,15H2,1H3,(H,18,19). The van der Waals surface area contributed by atoms with Crippen LogP contribution in [0, 0.1) is 11.8 Å². The highest BCUT2D eigenvalue weighted by Crippen LogP contribution is 2.16. The van der Waals surface area contributed by atoms with Gasteiger partial charge in [0.25, 0.3) is 5.91 Å². The molecular weight excluding hydrogens is 272 g/mol. The third-order valence-electron chi connectivity index (χ3n) is 2.56. The Labute approximate surface area is 121 Å². The van der Waals surface area contributed by atoms with Crippen molar-refractivity contribution in [3.8, 4) is 11.8 Å². The summed E-state index contributed by atoms with van der Waals surface area (Å²) in [5.74, 6) is 5.38. The number of nitrogens with one attached hydrogen (secondary N) is 1. The molecule has 2 aromatic heterocycles. The monoisotopic (exact) mass is 286 g/mol. The predicted molar refractivity (Wildman–Crippen MR) is 78.2 cm³/mol. The molecule has 0 aliphatic rings. The molecule has 6 heteroatoms. The lowest BCUT2D eigenvalue weighted by Gasteiger charge is -2.11. The number of carbonyl (C=O) groups excluding carboxylic acids is 1. The zero-order chi connectivity index (χ0) is 14.4. The van der Waals surface area contributed by atoms with Crippen LogP contribution in [0.3, 0.4) is 0 Å². The number of hydrogen-bond acceptors (Lipinski definition) is 5. The zero-order valence-electron chi connectivity index (χ0n) is 11.0. The lowest BCUT2D eigenvalue weighted by atomic mass is 10.1. The van der Waals surface area contributed by atoms with Gasteiger partial charge in [-0.1, -0.05) is 11.8 Å². The number of nitrogens with two attached hydrogens (primary N) is 1. The van der Waals surface area contributed by atoms with Crippen LogP contribution in [0.4, 0.5) is 0 Å². The smallest absolute Gasteiger partial charge is 0.253 e. The van der Waals surface area contributed by atoms with Gasteiger partial charge in [-0.2, -0.15) is 0 Å². The fourth-order valence-electron chi connectivity index (χ4n) is 1.62. The minimum atomic E-state index is -0.198. The van der Waals surface area contributed by atoms with Gasteiger partial charge in [0.2, 0.25) is 0 Å². The Morgan fingerprint density at radius 1 is 1.55 bits per heavy atom. The average Bonchev–Trinajstić information content (AvgIpc) is 2.99. The van der Waals surface area contributed by atoms with Crippen molar-refractivity contribution in [2.45, 2.75) is 13.0 Å². The molecule has 2 aromatic rings. The molecule has 20 heavy (non-hydrogen) atoms. The highest BCUT2D eigenvalue weighted by atomic mass is 32.1. The molecule has 0 aromatic carbocycles. The summed E-state index contributed by atoms with van der Waals surface area (Å²) >= 11 is 1.50. The number of rotatable bonds is 3. The molecule has 0 saturated heterocycles. The quantitative estimate of drug-likeness (QED) is 0.834. The van der Waals surface area contributed by atoms with Gasteiger partial charge in [0.1, 0.15) is 5.01 Å². The minimum Gasteiger partial charge on any atom is -0.343 e. The van der Waals surface area contributed by atoms with E-state index in [0.717, 1.165) is 5.01 Å². The highest BCUT2D eigenvalue weighted by molar-refractivity contribution is 7.09. The zero-order valence-corrected chi connectivity index (χ0v) is 11.8. The molecule has 0 aliphatic carbocycles. The number of nitrogens with zero attached hydrogens (tertiary/aromatic N) is 2. The third kappa shape index (κ3) is 3.41. The molecule has 3 N–H and O–H groups in total. The molecule has 0 saturated carbocycles. The van der Waals surface area contributed by atoms with E-state index in [0.29, 0.717) is 11.1 Å². The van der Waals surface area contributed by atoms with Gasteiger partial charge in [0, 0.05) is 24.0 Å². The van der Waals surface area contributed by atoms with Crippen LogP contribution in [-0.2, 0) is 0 Å². The van der Waals surface area contributed by atoms with Gasteiger partial charge in [-0.25, -0.2) is 4.98 Å². The SMILES string of the molecule is CC(NC(=O)c1ccncc1C#CCN)c1nccs1. The molecule has 2 heterocycles. The van der Waals surface area contributed by atoms with Crippen LogP contribution in [0.15, 0.2) is 30.0 Å². The fourth-order valence-corrected chi connectivity index (χ4v) is 2.27. The second kappa shape index (κ2) is 6.80. The second-order valence-corrected chi connectivity index (χ2v) is 4.92. The molecular formula is C14H14N4OS. The van der Waals surface area contributed by atoms with Crippen molar-refractivity contribution in [2.24, 2.45) is 5.73 Å². The van der Waals surface area contributed by atoms with Gasteiger partial charge in [-0.15, -0.1) is 11.3 Å². The second-order valence-electron chi connectivity index (χ2n) is 3.99. The Kier molecular flexibility index (Phi) is 4.82. The molecule has 0 bridgehead atoms. The Bertz CT molecular complexity index is 643. The molecule has 2 rings (SSSR count). The third-order valence-corrected chi connectivity index (χ3v) is 3.52. The highest BCUT2D eigenvalue weighted by Gasteiger charge is 2.15. The molecule has 5 nitrogen and oxygen atoms in total. The van der Waals surface area contributed by atoms with Crippen molar-refractivity contribution in [3.63, 3.8) is 0 Å². The van der Waals surface area contributed by atoms with E-state index in [1.54, 1.807) is 24.7 Å². The topological polar surface area (TPSA) is 80.9 Å². The number of amides is 1. The van der Waals surface area contributed by atoms with Gasteiger partial charge < -0.3 is 11.1 Å². The van der Waals surface area contributed by atoms with E-state index in [1.807, 2.05) is 12.3 Å². The van der Waals surface area contributed by atoms with Gasteiger partial charge in [0.05, 0.1) is 23.7 Å². The lowest BCUT2D eigenvalue weighted by molar-refractivity contribution is 0.0939. The van der Waals surface area contributed by atoms with Crippen LogP contribution < -0.4 is 11.1 Å². The van der Waals surface area contributed by atoms with E-state index in [-0.39, 0.29) is 18.5 Å². The first-order chi connectivity index (χ1) is 9.72. The van der Waals surface area contributed by atoms with E-state index in [4.69, 9.17) is 5.73 Å². The van der Waals surface area contributed by atoms with Gasteiger partial charge in [-0.3, -0.25) is 9.78 Å². The Hall–Kier alpha value is -2.23. The molecule has 1 atom stereocenters. The van der Waals surface area contributed by atoms with E-state index >= 15 is 0 Å². The van der Waals surface area contributed by atoms with E-state index in [2.05, 4.69) is 27.1 Å². The molecule has 102 valence electrons. The van der Waals surface area contributed by atoms with Crippen molar-refractivity contribution in [2.75, 3.05) is 6.54 Å². The maximum absolute atomic E-state index is 12.3. The molecule has 0 spiro atoms. The van der Waals surface area contributed by atoms with Crippen molar-refractivity contribution >= 4 is 17.2 Å². The Morgan fingerprint density at radius 3 is 3.10 bits per heavy atom. The largest absolute Gasteiger partial charge is 0.343 e. The number of aromatic nitrogens is 2. The summed E-state index contributed by atoms with van der Waals surface area (Å²) in [5, 5.41) is 5.64. The van der Waals surface area contributed by atoms with Crippen LogP contribution in [0.1, 0.15) is 33.9 Å². The Balaban J connectivity index is 2.17. The first-order valence-corrected chi connectivity index (χ1v) is 6.93. The van der Waals surface area contributed by atoms with Crippen LogP contribution in [-0.4, -0.2) is 22.4 Å². The summed E-state index contributed by atoms with van der Waals surface area (Å²) in [6.07, 6.45) is 4.84. The summed E-state index contributed by atoms with van der Waals surface area (Å²) in [6.45, 7) is 2.13. The maximum atomic E-state index is 12.3. The molecule has 1 unspecified atom stereocenters. The van der Waals surface area contributed by atoms with Gasteiger partial charge in [0.15, 0.2) is 0 Å². The minimum absolute atomic E-state index is 0.147. The van der Waals surface area contributed by atoms with Crippen LogP contribution >= 0.6 is 11.3 Å². The number of thiazole rings is 1. The first kappa shape index (κ1) is 14.2. The van der Waals surface area contributed by atoms with Crippen molar-refractivity contribution in [1.29, 1.82) is 0 Å². The van der Waals surface area contributed by atoms with Gasteiger partial charge in [-0.05, 0) is 13.0 Å². The maximum Gasteiger partial charge on any atom is 0.253 e. The van der Waals surface area contributed by atoms with Crippen LogP contribution in [0.25, 0.3) is 0 Å². The number of pyridine rings is 1. The number of hydrogen-bond donors (Lipinski definition) is 2. The first-order valence-electron chi connectivity index (χ1n) is 6.05. The normalized spacial score (nSPS) is 11.3. The molecule has 1 amide bonds. The van der Waals surface area contributed by atoms with Crippen molar-refractivity contribution < 1.29 is 4.79 Å². The van der Waals surface area contributed by atoms with E-state index in [9.17, 15) is 4.79 Å². The van der Waals surface area contributed by atoms with Crippen molar-refractivity contribution in [3.05, 3.63) is 46.2 Å². The van der Waals surface area contributed by atoms with Crippen molar-refractivity contribution in [1.82, 2.24) is 15.3 Å². The molecule has 0 aliphatic heterocycles. The molecule has 0 fully saturated rings. The summed E-state index contributed by atoms with van der Waals surface area (Å²) in [4.78, 5) is 20.4. The van der Waals surface area contributed by atoms with E-state index < -0.39 is 0 Å². The van der Waals surface area contributed by atoms with Gasteiger partial charge >= 0.3 is 0 Å². The average molecular weight is 286 g/mol. The Morgan fingerprint density at radius 2 is 2.40 bits per heavy atom. The predicted octanol–water partition coefficient (Wildman–Crippen LogP) is 1.34. The van der Waals surface area contributed by atoms with E-state index in [1.165, 1.54) is 11.3 Å². The molecule has 0 radical (unpaired) electrons. The van der Waals surface area contributed by atoms with Crippen LogP contribution in [0.5, 0.6) is 0 Å². The summed E-state index contributed by atoms with van der Waals surface area (Å²) < 4.78 is 0. The summed E-state index contributed by atoms with van der Waals surface area (Å²) in [6, 6.07) is 1.50. The summed E-state index contributed by atoms with van der Waals surface area (Å²) in [7, 11) is 0. The fraction of sp³-hybridized carbons (Fsp3) is 0.214. The summed E-state index contributed by atoms with van der Waals surface area (Å²) in [5.41, 5.74) is 6.41. The van der Waals surface area contributed by atoms with Crippen LogP contribution in [0.2, 0.25) is 0 Å².